The molecule has 2 aromatic rings. The van der Waals surface area contributed by atoms with Crippen LogP contribution in [-0.4, -0.2) is 38.7 Å². The maximum Gasteiger partial charge on any atom is 0.246 e. The molecule has 2 rings (SSSR count). The van der Waals surface area contributed by atoms with Crippen molar-refractivity contribution >= 4 is 0 Å². The fourth-order valence-corrected chi connectivity index (χ4v) is 1.23. The summed E-state index contributed by atoms with van der Waals surface area (Å²) in [6.07, 6.45) is -0.778. The van der Waals surface area contributed by atoms with Crippen molar-refractivity contribution < 1.29 is 14.4 Å². The summed E-state index contributed by atoms with van der Waals surface area (Å²) in [5.41, 5.74) is 6.11. The van der Waals surface area contributed by atoms with Gasteiger partial charge in [0.15, 0.2) is 0 Å². The molecule has 0 aromatic carbocycles. The Morgan fingerprint density at radius 1 is 1.39 bits per heavy atom. The second-order valence-corrected chi connectivity index (χ2v) is 3.68. The van der Waals surface area contributed by atoms with E-state index in [1.807, 2.05) is 0 Å². The molecule has 0 fully saturated rings. The van der Waals surface area contributed by atoms with Gasteiger partial charge in [0.1, 0.15) is 11.7 Å². The van der Waals surface area contributed by atoms with E-state index in [1.54, 1.807) is 19.1 Å². The molecule has 0 amide bonds. The second kappa shape index (κ2) is 5.07. The average Bonchev–Trinajstić information content (AvgIpc) is 2.87. The maximum absolute atomic E-state index is 9.33. The van der Waals surface area contributed by atoms with Crippen LogP contribution in [0.3, 0.4) is 0 Å². The molecule has 2 aromatic heterocycles. The highest BCUT2D eigenvalue weighted by molar-refractivity contribution is 5.47. The zero-order valence-electron chi connectivity index (χ0n) is 9.94. The van der Waals surface area contributed by atoms with Gasteiger partial charge >= 0.3 is 0 Å². The Morgan fingerprint density at radius 2 is 2.17 bits per heavy atom. The predicted molar refractivity (Wildman–Crippen MR) is 60.5 cm³/mol. The van der Waals surface area contributed by atoms with E-state index in [4.69, 9.17) is 15.0 Å². The van der Waals surface area contributed by atoms with Gasteiger partial charge in [-0.25, -0.2) is 0 Å². The highest BCUT2D eigenvalue weighted by Gasteiger charge is 2.20. The third-order valence-electron chi connectivity index (χ3n) is 2.32. The summed E-state index contributed by atoms with van der Waals surface area (Å²) in [4.78, 5) is 4.05. The van der Waals surface area contributed by atoms with E-state index in [2.05, 4.69) is 20.3 Å². The van der Waals surface area contributed by atoms with Crippen LogP contribution in [0, 0.1) is 0 Å². The number of hydrogen-bond acceptors (Lipinski definition) is 8. The van der Waals surface area contributed by atoms with Crippen molar-refractivity contribution in [2.75, 3.05) is 7.11 Å². The average molecular weight is 251 g/mol. The number of hydrogen-bond donors (Lipinski definition) is 2. The van der Waals surface area contributed by atoms with Crippen LogP contribution in [0.25, 0.3) is 11.5 Å². The number of nitrogens with two attached hydrogens (primary N) is 1. The molecule has 0 spiro atoms. The first-order valence-electron chi connectivity index (χ1n) is 5.27. The number of nitrogens with zero attached hydrogens (tertiary/aromatic N) is 4. The molecule has 8 heteroatoms. The zero-order valence-corrected chi connectivity index (χ0v) is 9.94. The first-order chi connectivity index (χ1) is 8.61. The van der Waals surface area contributed by atoms with Crippen molar-refractivity contribution in [1.82, 2.24) is 20.3 Å². The lowest BCUT2D eigenvalue weighted by molar-refractivity contribution is 0.146. The van der Waals surface area contributed by atoms with E-state index >= 15 is 0 Å². The van der Waals surface area contributed by atoms with E-state index < -0.39 is 12.1 Å². The van der Waals surface area contributed by atoms with E-state index in [1.165, 1.54) is 7.11 Å². The maximum atomic E-state index is 9.33. The van der Waals surface area contributed by atoms with Gasteiger partial charge in [-0.05, 0) is 13.0 Å². The molecule has 0 bridgehead atoms. The molecule has 0 aliphatic heterocycles. The Bertz CT molecular complexity index is 510. The molecule has 0 radical (unpaired) electrons. The van der Waals surface area contributed by atoms with Gasteiger partial charge in [0.05, 0.1) is 13.2 Å². The number of aliphatic hydroxyl groups is 1. The molecule has 0 saturated carbocycles. The first kappa shape index (κ1) is 12.4. The minimum absolute atomic E-state index is 0.151. The molecule has 3 N–H and O–H groups in total. The molecule has 8 nitrogen and oxygen atoms in total. The van der Waals surface area contributed by atoms with Crippen LogP contribution in [0.1, 0.15) is 18.9 Å². The Morgan fingerprint density at radius 3 is 2.72 bits per heavy atom. The molecule has 2 unspecified atom stereocenters. The Kier molecular flexibility index (Phi) is 3.49. The zero-order chi connectivity index (χ0) is 13.1. The van der Waals surface area contributed by atoms with Crippen LogP contribution in [0.2, 0.25) is 0 Å². The van der Waals surface area contributed by atoms with Crippen molar-refractivity contribution in [3.63, 3.8) is 0 Å². The largest absolute Gasteiger partial charge is 0.480 e. The van der Waals surface area contributed by atoms with Crippen molar-refractivity contribution in [3.05, 3.63) is 18.0 Å². The third-order valence-corrected chi connectivity index (χ3v) is 2.32. The van der Waals surface area contributed by atoms with E-state index in [0.717, 1.165) is 0 Å². The molecule has 2 heterocycles. The summed E-state index contributed by atoms with van der Waals surface area (Å²) >= 11 is 0. The molecule has 0 aliphatic rings. The summed E-state index contributed by atoms with van der Waals surface area (Å²) in [6.45, 7) is 1.54. The van der Waals surface area contributed by atoms with E-state index in [9.17, 15) is 5.11 Å². The van der Waals surface area contributed by atoms with Gasteiger partial charge in [-0.2, -0.15) is 4.98 Å². The summed E-state index contributed by atoms with van der Waals surface area (Å²) in [7, 11) is 1.50. The van der Waals surface area contributed by atoms with Crippen molar-refractivity contribution in [2.24, 2.45) is 5.73 Å². The fraction of sp³-hybridized carbons (Fsp3) is 0.400. The Hall–Kier alpha value is -2.06. The van der Waals surface area contributed by atoms with Crippen LogP contribution in [0.4, 0.5) is 0 Å². The van der Waals surface area contributed by atoms with Gasteiger partial charge in [0.25, 0.3) is 0 Å². The SMILES string of the molecule is COc1ccc(-c2noc(C(N)C(C)O)n2)nn1. The number of ether oxygens (including phenoxy) is 1. The van der Waals surface area contributed by atoms with E-state index in [-0.39, 0.29) is 11.7 Å². The molecule has 0 aliphatic carbocycles. The van der Waals surface area contributed by atoms with Gasteiger partial charge in [0.2, 0.25) is 17.6 Å². The van der Waals surface area contributed by atoms with Crippen molar-refractivity contribution in [2.45, 2.75) is 19.1 Å². The summed E-state index contributed by atoms with van der Waals surface area (Å²) in [5.74, 6) is 0.803. The van der Waals surface area contributed by atoms with Crippen LogP contribution in [0.15, 0.2) is 16.7 Å². The monoisotopic (exact) mass is 251 g/mol. The number of rotatable bonds is 4. The van der Waals surface area contributed by atoms with Gasteiger partial charge < -0.3 is 20.1 Å². The summed E-state index contributed by atoms with van der Waals surface area (Å²) < 4.78 is 9.84. The van der Waals surface area contributed by atoms with Crippen molar-refractivity contribution in [3.8, 4) is 17.4 Å². The number of aliphatic hydroxyl groups excluding tert-OH is 1. The van der Waals surface area contributed by atoms with Gasteiger partial charge in [-0.1, -0.05) is 5.16 Å². The van der Waals surface area contributed by atoms with Crippen LogP contribution in [-0.2, 0) is 0 Å². The molecular weight excluding hydrogens is 238 g/mol. The Labute approximate surface area is 103 Å². The lowest BCUT2D eigenvalue weighted by atomic mass is 10.2. The van der Waals surface area contributed by atoms with E-state index in [0.29, 0.717) is 11.6 Å². The molecule has 18 heavy (non-hydrogen) atoms. The minimum Gasteiger partial charge on any atom is -0.480 e. The van der Waals surface area contributed by atoms with Crippen molar-refractivity contribution in [1.29, 1.82) is 0 Å². The van der Waals surface area contributed by atoms with Crippen LogP contribution < -0.4 is 10.5 Å². The molecular formula is C10H13N5O3. The molecule has 96 valence electrons. The van der Waals surface area contributed by atoms with Crippen LogP contribution >= 0.6 is 0 Å². The highest BCUT2D eigenvalue weighted by Crippen LogP contribution is 2.18. The lowest BCUT2D eigenvalue weighted by Crippen LogP contribution is -2.23. The number of aromatic nitrogens is 4. The topological polar surface area (TPSA) is 120 Å². The smallest absolute Gasteiger partial charge is 0.246 e. The lowest BCUT2D eigenvalue weighted by Gasteiger charge is -2.08. The molecule has 2 atom stereocenters. The van der Waals surface area contributed by atoms with Gasteiger partial charge in [-0.3, -0.25) is 0 Å². The fourth-order valence-electron chi connectivity index (χ4n) is 1.23. The minimum atomic E-state index is -0.778. The summed E-state index contributed by atoms with van der Waals surface area (Å²) in [5, 5.41) is 20.7. The second-order valence-electron chi connectivity index (χ2n) is 3.68. The first-order valence-corrected chi connectivity index (χ1v) is 5.27. The number of methoxy groups -OCH3 is 1. The predicted octanol–water partition coefficient (Wildman–Crippen LogP) is -0.0842. The van der Waals surface area contributed by atoms with Gasteiger partial charge in [-0.15, -0.1) is 10.2 Å². The third kappa shape index (κ3) is 2.44. The quantitative estimate of drug-likeness (QED) is 0.773. The normalized spacial score (nSPS) is 14.2. The molecule has 0 saturated heterocycles. The Balaban J connectivity index is 2.23. The highest BCUT2D eigenvalue weighted by atomic mass is 16.5. The standard InChI is InChI=1S/C10H13N5O3/c1-5(16)8(11)10-12-9(15-18-10)6-3-4-7(17-2)14-13-6/h3-5,8,16H,11H2,1-2H3. The van der Waals surface area contributed by atoms with Crippen LogP contribution in [0.5, 0.6) is 5.88 Å². The van der Waals surface area contributed by atoms with Gasteiger partial charge in [0, 0.05) is 6.07 Å². The summed E-state index contributed by atoms with van der Waals surface area (Å²) in [6, 6.07) is 2.55.